The van der Waals surface area contributed by atoms with Crippen molar-refractivity contribution in [3.05, 3.63) is 0 Å². The molecule has 2 aliphatic carbocycles. The second-order valence-electron chi connectivity index (χ2n) is 4.67. The van der Waals surface area contributed by atoms with Crippen LogP contribution < -0.4 is 11.1 Å². The van der Waals surface area contributed by atoms with Crippen molar-refractivity contribution in [2.75, 3.05) is 17.6 Å². The molecule has 15 heavy (non-hydrogen) atoms. The lowest BCUT2D eigenvalue weighted by molar-refractivity contribution is 0.422. The molecule has 2 fully saturated rings. The first kappa shape index (κ1) is 9.00. The first-order valence-corrected chi connectivity index (χ1v) is 5.66. The lowest BCUT2D eigenvalue weighted by Crippen LogP contribution is -2.18. The molecule has 0 aliphatic heterocycles. The van der Waals surface area contributed by atoms with E-state index in [9.17, 15) is 0 Å². The summed E-state index contributed by atoms with van der Waals surface area (Å²) in [6.45, 7) is 0.955. The smallest absolute Gasteiger partial charge is 0.316 e. The highest BCUT2D eigenvalue weighted by Gasteiger charge is 2.41. The Hall–Kier alpha value is -1.26. The fraction of sp³-hybridized carbons (Fsp3) is 0.800. The molecule has 0 radical (unpaired) electrons. The number of rotatable bonds is 5. The van der Waals surface area contributed by atoms with Gasteiger partial charge in [-0.1, -0.05) is 10.2 Å². The Bertz CT molecular complexity index is 331. The standard InChI is InChI=1S/C10H16N4O/c11-9-13-14-10(15-9)12-5-8(6-1-2-6)7-3-4-7/h6-8H,1-5H2,(H2,11,13)(H,12,14). The van der Waals surface area contributed by atoms with Crippen LogP contribution >= 0.6 is 0 Å². The maximum Gasteiger partial charge on any atom is 0.316 e. The van der Waals surface area contributed by atoms with Crippen molar-refractivity contribution in [2.45, 2.75) is 25.7 Å². The van der Waals surface area contributed by atoms with Gasteiger partial charge in [-0.2, -0.15) is 0 Å². The molecule has 0 bridgehead atoms. The molecular formula is C10H16N4O. The first-order valence-electron chi connectivity index (χ1n) is 5.66. The molecule has 1 heterocycles. The van der Waals surface area contributed by atoms with Gasteiger partial charge in [0, 0.05) is 6.54 Å². The van der Waals surface area contributed by atoms with E-state index in [1.807, 2.05) is 0 Å². The Morgan fingerprint density at radius 2 is 1.93 bits per heavy atom. The molecule has 0 saturated heterocycles. The molecule has 0 unspecified atom stereocenters. The van der Waals surface area contributed by atoms with Gasteiger partial charge in [0.25, 0.3) is 0 Å². The minimum Gasteiger partial charge on any atom is -0.390 e. The molecule has 2 saturated carbocycles. The molecule has 0 aromatic carbocycles. The van der Waals surface area contributed by atoms with Crippen LogP contribution in [0, 0.1) is 17.8 Å². The van der Waals surface area contributed by atoms with Gasteiger partial charge in [0.15, 0.2) is 0 Å². The highest BCUT2D eigenvalue weighted by Crippen LogP contribution is 2.49. The number of nitrogens with one attached hydrogen (secondary N) is 1. The Balaban J connectivity index is 1.55. The van der Waals surface area contributed by atoms with Gasteiger partial charge in [0.1, 0.15) is 0 Å². The molecule has 0 atom stereocenters. The summed E-state index contributed by atoms with van der Waals surface area (Å²) < 4.78 is 5.08. The zero-order valence-electron chi connectivity index (χ0n) is 8.65. The summed E-state index contributed by atoms with van der Waals surface area (Å²) in [6.07, 6.45) is 5.59. The van der Waals surface area contributed by atoms with Crippen LogP contribution in [0.2, 0.25) is 0 Å². The van der Waals surface area contributed by atoms with Crippen molar-refractivity contribution in [3.63, 3.8) is 0 Å². The van der Waals surface area contributed by atoms with E-state index in [0.717, 1.165) is 24.3 Å². The van der Waals surface area contributed by atoms with Crippen molar-refractivity contribution < 1.29 is 4.42 Å². The van der Waals surface area contributed by atoms with Crippen LogP contribution in [0.4, 0.5) is 12.0 Å². The third-order valence-corrected chi connectivity index (χ3v) is 3.38. The molecule has 5 heteroatoms. The molecule has 1 aromatic heterocycles. The summed E-state index contributed by atoms with van der Waals surface area (Å²) >= 11 is 0. The van der Waals surface area contributed by atoms with Crippen molar-refractivity contribution in [1.82, 2.24) is 10.2 Å². The van der Waals surface area contributed by atoms with E-state index in [4.69, 9.17) is 10.2 Å². The van der Waals surface area contributed by atoms with Crippen LogP contribution in [0.1, 0.15) is 25.7 Å². The minimum atomic E-state index is 0.131. The molecule has 3 rings (SSSR count). The summed E-state index contributed by atoms with van der Waals surface area (Å²) in [5.41, 5.74) is 5.35. The predicted octanol–water partition coefficient (Wildman–Crippen LogP) is 1.50. The van der Waals surface area contributed by atoms with Gasteiger partial charge in [-0.05, 0) is 43.4 Å². The zero-order valence-corrected chi connectivity index (χ0v) is 8.65. The van der Waals surface area contributed by atoms with Gasteiger partial charge in [0.2, 0.25) is 0 Å². The summed E-state index contributed by atoms with van der Waals surface area (Å²) in [5, 5.41) is 10.6. The fourth-order valence-electron chi connectivity index (χ4n) is 2.28. The highest BCUT2D eigenvalue weighted by atomic mass is 16.4. The van der Waals surface area contributed by atoms with E-state index in [0.29, 0.717) is 6.01 Å². The van der Waals surface area contributed by atoms with Gasteiger partial charge in [-0.3, -0.25) is 0 Å². The lowest BCUT2D eigenvalue weighted by Gasteiger charge is -2.14. The average Bonchev–Trinajstić information content (AvgIpc) is 3.09. The normalized spacial score (nSPS) is 20.9. The maximum atomic E-state index is 5.35. The number of hydrogen-bond donors (Lipinski definition) is 2. The van der Waals surface area contributed by atoms with Crippen LogP contribution in [0.5, 0.6) is 0 Å². The molecule has 0 amide bonds. The number of anilines is 2. The van der Waals surface area contributed by atoms with E-state index in [-0.39, 0.29) is 6.01 Å². The number of nitrogens with zero attached hydrogens (tertiary/aromatic N) is 2. The van der Waals surface area contributed by atoms with E-state index < -0.39 is 0 Å². The summed E-state index contributed by atoms with van der Waals surface area (Å²) in [5.74, 6) is 2.67. The molecule has 0 spiro atoms. The highest BCUT2D eigenvalue weighted by molar-refractivity contribution is 5.22. The largest absolute Gasteiger partial charge is 0.390 e. The monoisotopic (exact) mass is 208 g/mol. The first-order chi connectivity index (χ1) is 7.33. The van der Waals surface area contributed by atoms with Crippen LogP contribution in [0.25, 0.3) is 0 Å². The van der Waals surface area contributed by atoms with E-state index in [2.05, 4.69) is 15.5 Å². The Morgan fingerprint density at radius 1 is 1.27 bits per heavy atom. The van der Waals surface area contributed by atoms with Crippen molar-refractivity contribution in [1.29, 1.82) is 0 Å². The quantitative estimate of drug-likeness (QED) is 0.766. The number of aromatic nitrogens is 2. The van der Waals surface area contributed by atoms with Crippen molar-refractivity contribution >= 4 is 12.0 Å². The molecule has 1 aromatic rings. The van der Waals surface area contributed by atoms with E-state index >= 15 is 0 Å². The van der Waals surface area contributed by atoms with Gasteiger partial charge in [0.05, 0.1) is 0 Å². The van der Waals surface area contributed by atoms with Gasteiger partial charge >= 0.3 is 12.0 Å². The third kappa shape index (κ3) is 2.06. The van der Waals surface area contributed by atoms with Crippen LogP contribution in [-0.4, -0.2) is 16.7 Å². The lowest BCUT2D eigenvalue weighted by atomic mass is 9.98. The van der Waals surface area contributed by atoms with Gasteiger partial charge < -0.3 is 15.5 Å². The molecular weight excluding hydrogens is 192 g/mol. The van der Waals surface area contributed by atoms with Crippen LogP contribution in [-0.2, 0) is 0 Å². The predicted molar refractivity (Wildman–Crippen MR) is 56.1 cm³/mol. The summed E-state index contributed by atoms with van der Waals surface area (Å²) in [4.78, 5) is 0. The van der Waals surface area contributed by atoms with E-state index in [1.165, 1.54) is 25.7 Å². The van der Waals surface area contributed by atoms with Crippen molar-refractivity contribution in [2.24, 2.45) is 17.8 Å². The summed E-state index contributed by atoms with van der Waals surface area (Å²) in [6, 6.07) is 0.589. The zero-order chi connectivity index (χ0) is 10.3. The molecule has 3 N–H and O–H groups in total. The Labute approximate surface area is 88.4 Å². The average molecular weight is 208 g/mol. The number of nitrogen functional groups attached to an aromatic ring is 1. The number of nitrogens with two attached hydrogens (primary N) is 1. The maximum absolute atomic E-state index is 5.35. The number of hydrogen-bond acceptors (Lipinski definition) is 5. The fourth-order valence-corrected chi connectivity index (χ4v) is 2.28. The summed E-state index contributed by atoms with van der Waals surface area (Å²) in [7, 11) is 0. The molecule has 5 nitrogen and oxygen atoms in total. The molecule has 82 valence electrons. The van der Waals surface area contributed by atoms with Crippen LogP contribution in [0.15, 0.2) is 4.42 Å². The molecule has 2 aliphatic rings. The van der Waals surface area contributed by atoms with Gasteiger partial charge in [-0.15, -0.1) is 0 Å². The Morgan fingerprint density at radius 3 is 2.40 bits per heavy atom. The second kappa shape index (κ2) is 3.40. The second-order valence-corrected chi connectivity index (χ2v) is 4.67. The minimum absolute atomic E-state index is 0.131. The topological polar surface area (TPSA) is 77.0 Å². The third-order valence-electron chi connectivity index (χ3n) is 3.38. The van der Waals surface area contributed by atoms with Crippen LogP contribution in [0.3, 0.4) is 0 Å². The SMILES string of the molecule is Nc1nnc(NCC(C2CC2)C2CC2)o1. The van der Waals surface area contributed by atoms with Gasteiger partial charge in [-0.25, -0.2) is 0 Å². The van der Waals surface area contributed by atoms with Crippen molar-refractivity contribution in [3.8, 4) is 0 Å². The van der Waals surface area contributed by atoms with E-state index in [1.54, 1.807) is 0 Å². The Kier molecular flexibility index (Phi) is 2.04.